The molecule has 1 amide bonds. The number of benzene rings is 1. The van der Waals surface area contributed by atoms with E-state index in [9.17, 15) is 9.90 Å². The number of hydrogen-bond acceptors (Lipinski definition) is 3. The molecule has 0 atom stereocenters. The van der Waals surface area contributed by atoms with E-state index in [1.807, 2.05) is 18.2 Å². The molecule has 2 N–H and O–H groups in total. The van der Waals surface area contributed by atoms with Crippen LogP contribution in [0.3, 0.4) is 0 Å². The Balaban J connectivity index is 1.44. The van der Waals surface area contributed by atoms with Crippen molar-refractivity contribution in [2.75, 3.05) is 26.2 Å². The lowest BCUT2D eigenvalue weighted by Crippen LogP contribution is -2.49. The fraction of sp³-hybridized carbons (Fsp3) is 0.632. The van der Waals surface area contributed by atoms with Crippen LogP contribution >= 0.6 is 0 Å². The quantitative estimate of drug-likeness (QED) is 0.790. The van der Waals surface area contributed by atoms with Crippen LogP contribution in [0.15, 0.2) is 30.3 Å². The molecule has 1 heterocycles. The van der Waals surface area contributed by atoms with Crippen LogP contribution < -0.4 is 5.32 Å². The van der Waals surface area contributed by atoms with Crippen molar-refractivity contribution >= 4 is 5.91 Å². The fourth-order valence-corrected chi connectivity index (χ4v) is 3.75. The molecule has 4 heteroatoms. The molecule has 0 bridgehead atoms. The van der Waals surface area contributed by atoms with E-state index in [4.69, 9.17) is 0 Å². The van der Waals surface area contributed by atoms with Crippen molar-refractivity contribution in [1.29, 1.82) is 0 Å². The molecule has 1 saturated heterocycles. The van der Waals surface area contributed by atoms with Gasteiger partial charge in [0.15, 0.2) is 0 Å². The van der Waals surface area contributed by atoms with E-state index in [2.05, 4.69) is 22.3 Å². The highest BCUT2D eigenvalue weighted by Gasteiger charge is 2.45. The number of likely N-dealkylation sites (tertiary alicyclic amines) is 1. The van der Waals surface area contributed by atoms with Crippen molar-refractivity contribution in [3.8, 4) is 0 Å². The minimum absolute atomic E-state index is 0.115. The average Bonchev–Trinajstić information content (AvgIpc) is 2.53. The summed E-state index contributed by atoms with van der Waals surface area (Å²) in [5, 5.41) is 12.7. The summed E-state index contributed by atoms with van der Waals surface area (Å²) in [6.07, 6.45) is 5.69. The normalized spacial score (nSPS) is 21.6. The first-order valence-electron chi connectivity index (χ1n) is 8.95. The zero-order valence-corrected chi connectivity index (χ0v) is 13.8. The van der Waals surface area contributed by atoms with Crippen LogP contribution in [-0.2, 0) is 10.2 Å². The SMILES string of the molecule is O=C(NCCCN1CCC(O)CC1)C1(c2ccccc2)CCC1. The lowest BCUT2D eigenvalue weighted by Gasteiger charge is -2.40. The third-order valence-electron chi connectivity index (χ3n) is 5.46. The maximum Gasteiger partial charge on any atom is 0.230 e. The van der Waals surface area contributed by atoms with Gasteiger partial charge in [-0.2, -0.15) is 0 Å². The van der Waals surface area contributed by atoms with E-state index in [0.717, 1.165) is 70.3 Å². The van der Waals surface area contributed by atoms with Crippen LogP contribution in [0.4, 0.5) is 0 Å². The summed E-state index contributed by atoms with van der Waals surface area (Å²) in [7, 11) is 0. The van der Waals surface area contributed by atoms with Gasteiger partial charge in [0, 0.05) is 19.6 Å². The molecule has 126 valence electrons. The fourth-order valence-electron chi connectivity index (χ4n) is 3.75. The largest absolute Gasteiger partial charge is 0.393 e. The Kier molecular flexibility index (Phi) is 5.34. The molecule has 1 aromatic rings. The molecule has 0 spiro atoms. The number of amides is 1. The number of aliphatic hydroxyl groups is 1. The molecule has 2 aliphatic rings. The molecular weight excluding hydrogens is 288 g/mol. The van der Waals surface area contributed by atoms with E-state index in [1.165, 1.54) is 0 Å². The van der Waals surface area contributed by atoms with Crippen LogP contribution in [0, 0.1) is 0 Å². The molecule has 4 nitrogen and oxygen atoms in total. The Bertz CT molecular complexity index is 505. The first-order chi connectivity index (χ1) is 11.2. The van der Waals surface area contributed by atoms with Gasteiger partial charge >= 0.3 is 0 Å². The smallest absolute Gasteiger partial charge is 0.230 e. The van der Waals surface area contributed by atoms with Gasteiger partial charge in [-0.1, -0.05) is 36.8 Å². The van der Waals surface area contributed by atoms with Gasteiger partial charge in [0.05, 0.1) is 11.5 Å². The Morgan fingerprint density at radius 2 is 1.91 bits per heavy atom. The predicted octanol–water partition coefficient (Wildman–Crippen LogP) is 2.07. The summed E-state index contributed by atoms with van der Waals surface area (Å²) < 4.78 is 0. The minimum atomic E-state index is -0.281. The summed E-state index contributed by atoms with van der Waals surface area (Å²) in [6, 6.07) is 10.2. The average molecular weight is 316 g/mol. The molecule has 0 aromatic heterocycles. The van der Waals surface area contributed by atoms with Crippen molar-refractivity contribution in [3.63, 3.8) is 0 Å². The van der Waals surface area contributed by atoms with Crippen molar-refractivity contribution in [2.45, 2.75) is 50.0 Å². The van der Waals surface area contributed by atoms with Gasteiger partial charge in [-0.25, -0.2) is 0 Å². The number of nitrogens with zero attached hydrogens (tertiary/aromatic N) is 1. The third kappa shape index (κ3) is 3.75. The second-order valence-electron chi connectivity index (χ2n) is 6.98. The van der Waals surface area contributed by atoms with E-state index >= 15 is 0 Å². The van der Waals surface area contributed by atoms with Crippen LogP contribution in [0.25, 0.3) is 0 Å². The number of rotatable bonds is 6. The third-order valence-corrected chi connectivity index (χ3v) is 5.46. The standard InChI is InChI=1S/C19H28N2O2/c22-17-8-14-21(15-9-17)13-5-12-20-18(23)19(10-4-11-19)16-6-2-1-3-7-16/h1-3,6-7,17,22H,4-5,8-15H2,(H,20,23). The number of aliphatic hydroxyl groups excluding tert-OH is 1. The summed E-state index contributed by atoms with van der Waals surface area (Å²) in [5.74, 6) is 0.198. The van der Waals surface area contributed by atoms with Gasteiger partial charge in [0.1, 0.15) is 0 Å². The van der Waals surface area contributed by atoms with Crippen molar-refractivity contribution in [3.05, 3.63) is 35.9 Å². The number of nitrogens with one attached hydrogen (secondary N) is 1. The van der Waals surface area contributed by atoms with E-state index < -0.39 is 0 Å². The highest BCUT2D eigenvalue weighted by atomic mass is 16.3. The maximum absolute atomic E-state index is 12.7. The van der Waals surface area contributed by atoms with Gasteiger partial charge in [-0.15, -0.1) is 0 Å². The Hall–Kier alpha value is -1.39. The van der Waals surface area contributed by atoms with Crippen molar-refractivity contribution in [2.24, 2.45) is 0 Å². The monoisotopic (exact) mass is 316 g/mol. The molecule has 1 aliphatic carbocycles. The molecular formula is C19H28N2O2. The van der Waals surface area contributed by atoms with Crippen LogP contribution in [0.5, 0.6) is 0 Å². The predicted molar refractivity (Wildman–Crippen MR) is 91.3 cm³/mol. The lowest BCUT2D eigenvalue weighted by molar-refractivity contribution is -0.129. The summed E-state index contributed by atoms with van der Waals surface area (Å²) >= 11 is 0. The minimum Gasteiger partial charge on any atom is -0.393 e. The van der Waals surface area contributed by atoms with E-state index in [0.29, 0.717) is 0 Å². The Labute approximate surface area is 138 Å². The Morgan fingerprint density at radius 3 is 2.52 bits per heavy atom. The summed E-state index contributed by atoms with van der Waals surface area (Å²) in [4.78, 5) is 15.1. The number of piperidine rings is 1. The Morgan fingerprint density at radius 1 is 1.22 bits per heavy atom. The number of hydrogen-bond donors (Lipinski definition) is 2. The van der Waals surface area contributed by atoms with Gasteiger partial charge < -0.3 is 15.3 Å². The molecule has 0 unspecified atom stereocenters. The van der Waals surface area contributed by atoms with Crippen LogP contribution in [-0.4, -0.2) is 48.2 Å². The zero-order valence-electron chi connectivity index (χ0n) is 13.8. The molecule has 2 fully saturated rings. The molecule has 1 aromatic carbocycles. The highest BCUT2D eigenvalue weighted by molar-refractivity contribution is 5.89. The lowest BCUT2D eigenvalue weighted by atomic mass is 9.64. The van der Waals surface area contributed by atoms with E-state index in [1.54, 1.807) is 0 Å². The molecule has 0 radical (unpaired) electrons. The van der Waals surface area contributed by atoms with Gasteiger partial charge in [0.2, 0.25) is 5.91 Å². The first-order valence-corrected chi connectivity index (χ1v) is 8.95. The van der Waals surface area contributed by atoms with Gasteiger partial charge in [0.25, 0.3) is 0 Å². The highest BCUT2D eigenvalue weighted by Crippen LogP contribution is 2.43. The van der Waals surface area contributed by atoms with Gasteiger partial charge in [-0.3, -0.25) is 4.79 Å². The second kappa shape index (κ2) is 7.45. The number of carbonyl (C=O) groups excluding carboxylic acids is 1. The molecule has 23 heavy (non-hydrogen) atoms. The van der Waals surface area contributed by atoms with Crippen molar-refractivity contribution in [1.82, 2.24) is 10.2 Å². The maximum atomic E-state index is 12.7. The molecule has 1 aliphatic heterocycles. The molecule has 3 rings (SSSR count). The summed E-state index contributed by atoms with van der Waals surface area (Å²) in [6.45, 7) is 3.70. The zero-order chi connectivity index (χ0) is 16.1. The first kappa shape index (κ1) is 16.5. The van der Waals surface area contributed by atoms with Crippen LogP contribution in [0.2, 0.25) is 0 Å². The topological polar surface area (TPSA) is 52.6 Å². The molecule has 1 saturated carbocycles. The van der Waals surface area contributed by atoms with Crippen LogP contribution in [0.1, 0.15) is 44.1 Å². The number of carbonyl (C=O) groups is 1. The van der Waals surface area contributed by atoms with Gasteiger partial charge in [-0.05, 0) is 44.2 Å². The van der Waals surface area contributed by atoms with Crippen molar-refractivity contribution < 1.29 is 9.90 Å². The second-order valence-corrected chi connectivity index (χ2v) is 6.98. The van der Waals surface area contributed by atoms with E-state index in [-0.39, 0.29) is 17.4 Å². The summed E-state index contributed by atoms with van der Waals surface area (Å²) in [5.41, 5.74) is 0.880.